The summed E-state index contributed by atoms with van der Waals surface area (Å²) in [5.41, 5.74) is 2.54. The molecule has 4 heteroatoms. The van der Waals surface area contributed by atoms with Gasteiger partial charge in [-0.25, -0.2) is 0 Å². The minimum atomic E-state index is 0. The molecule has 128 valence electrons. The van der Waals surface area contributed by atoms with E-state index in [0.29, 0.717) is 18.4 Å². The molecule has 1 aliphatic carbocycles. The molecular weight excluding hydrogens is 308 g/mol. The highest BCUT2D eigenvalue weighted by Gasteiger charge is 2.25. The predicted octanol–water partition coefficient (Wildman–Crippen LogP) is 3.34. The van der Waals surface area contributed by atoms with Gasteiger partial charge in [0.25, 0.3) is 0 Å². The summed E-state index contributed by atoms with van der Waals surface area (Å²) in [7, 11) is 0. The van der Waals surface area contributed by atoms with Crippen LogP contribution in [0.1, 0.15) is 43.2 Å². The topological polar surface area (TPSA) is 32.3 Å². The first-order chi connectivity index (χ1) is 10.7. The van der Waals surface area contributed by atoms with Gasteiger partial charge in [0, 0.05) is 25.6 Å². The molecule has 2 fully saturated rings. The maximum atomic E-state index is 12.3. The molecule has 2 aliphatic rings. The summed E-state index contributed by atoms with van der Waals surface area (Å²) in [4.78, 5) is 14.4. The van der Waals surface area contributed by atoms with Crippen LogP contribution in [-0.2, 0) is 11.2 Å². The first-order valence-electron chi connectivity index (χ1n) is 8.77. The molecule has 1 N–H and O–H groups in total. The monoisotopic (exact) mass is 336 g/mol. The van der Waals surface area contributed by atoms with Crippen molar-refractivity contribution in [3.63, 3.8) is 0 Å². The molecular formula is C19H29ClN2O. The van der Waals surface area contributed by atoms with Crippen LogP contribution < -0.4 is 5.32 Å². The fourth-order valence-electron chi connectivity index (χ4n) is 3.27. The lowest BCUT2D eigenvalue weighted by atomic mass is 10.0. The van der Waals surface area contributed by atoms with Crippen LogP contribution in [0.5, 0.6) is 0 Å². The third-order valence-electron chi connectivity index (χ3n) is 4.95. The van der Waals surface area contributed by atoms with Crippen molar-refractivity contribution in [3.05, 3.63) is 35.4 Å². The summed E-state index contributed by atoms with van der Waals surface area (Å²) in [5.74, 6) is 1.26. The van der Waals surface area contributed by atoms with Crippen molar-refractivity contribution >= 4 is 18.3 Å². The van der Waals surface area contributed by atoms with E-state index in [-0.39, 0.29) is 12.4 Å². The van der Waals surface area contributed by atoms with Crippen LogP contribution in [0.25, 0.3) is 0 Å². The minimum Gasteiger partial charge on any atom is -0.343 e. The van der Waals surface area contributed by atoms with Gasteiger partial charge in [-0.3, -0.25) is 4.79 Å². The van der Waals surface area contributed by atoms with E-state index in [1.54, 1.807) is 0 Å². The number of hydrogen-bond acceptors (Lipinski definition) is 2. The summed E-state index contributed by atoms with van der Waals surface area (Å²) in [6.45, 7) is 5.14. The van der Waals surface area contributed by atoms with Crippen molar-refractivity contribution in [3.8, 4) is 0 Å². The molecule has 1 saturated heterocycles. The number of halogens is 1. The van der Waals surface area contributed by atoms with Gasteiger partial charge in [-0.1, -0.05) is 29.8 Å². The lowest BCUT2D eigenvalue weighted by Gasteiger charge is -2.32. The fourth-order valence-corrected chi connectivity index (χ4v) is 3.27. The van der Waals surface area contributed by atoms with Gasteiger partial charge in [-0.15, -0.1) is 12.4 Å². The Bertz CT molecular complexity index is 508. The molecule has 1 aromatic rings. The molecule has 23 heavy (non-hydrogen) atoms. The number of rotatable bonds is 6. The zero-order valence-corrected chi connectivity index (χ0v) is 14.9. The Labute approximate surface area is 146 Å². The average molecular weight is 337 g/mol. The van der Waals surface area contributed by atoms with Crippen LogP contribution in [0.15, 0.2) is 24.3 Å². The number of likely N-dealkylation sites (tertiary alicyclic amines) is 1. The Morgan fingerprint density at radius 2 is 1.96 bits per heavy atom. The Morgan fingerprint density at radius 1 is 1.22 bits per heavy atom. The van der Waals surface area contributed by atoms with E-state index in [2.05, 4.69) is 41.4 Å². The van der Waals surface area contributed by atoms with Gasteiger partial charge >= 0.3 is 0 Å². The molecule has 1 aliphatic heterocycles. The van der Waals surface area contributed by atoms with E-state index >= 15 is 0 Å². The van der Waals surface area contributed by atoms with Gasteiger partial charge in [0.1, 0.15) is 0 Å². The first-order valence-corrected chi connectivity index (χ1v) is 8.77. The normalized spacial score (nSPS) is 18.6. The van der Waals surface area contributed by atoms with E-state index in [0.717, 1.165) is 38.3 Å². The summed E-state index contributed by atoms with van der Waals surface area (Å²) in [6.07, 6.45) is 6.54. The van der Waals surface area contributed by atoms with Crippen LogP contribution in [0.2, 0.25) is 0 Å². The molecule has 3 rings (SSSR count). The fraction of sp³-hybridized carbons (Fsp3) is 0.632. The number of piperidine rings is 1. The van der Waals surface area contributed by atoms with Crippen molar-refractivity contribution in [2.24, 2.45) is 5.92 Å². The number of benzene rings is 1. The Morgan fingerprint density at radius 3 is 2.61 bits per heavy atom. The van der Waals surface area contributed by atoms with Crippen molar-refractivity contribution in [2.45, 2.75) is 51.5 Å². The zero-order chi connectivity index (χ0) is 15.4. The van der Waals surface area contributed by atoms with Crippen LogP contribution in [0.4, 0.5) is 0 Å². The number of carbonyl (C=O) groups excluding carboxylic acids is 1. The van der Waals surface area contributed by atoms with Crippen LogP contribution >= 0.6 is 12.4 Å². The SMILES string of the molecule is Cc1cccc(CCC(=O)N2CCC(NCC3CC3)CC2)c1.Cl. The molecule has 1 heterocycles. The Hall–Kier alpha value is -1.06. The summed E-state index contributed by atoms with van der Waals surface area (Å²) >= 11 is 0. The highest BCUT2D eigenvalue weighted by molar-refractivity contribution is 5.85. The molecule has 0 radical (unpaired) electrons. The summed E-state index contributed by atoms with van der Waals surface area (Å²) < 4.78 is 0. The van der Waals surface area contributed by atoms with Crippen LogP contribution in [0, 0.1) is 12.8 Å². The van der Waals surface area contributed by atoms with Gasteiger partial charge < -0.3 is 10.2 Å². The first kappa shape index (κ1) is 18.3. The van der Waals surface area contributed by atoms with Gasteiger partial charge in [-0.05, 0) is 57.1 Å². The summed E-state index contributed by atoms with van der Waals surface area (Å²) in [6, 6.07) is 9.11. The van der Waals surface area contributed by atoms with Crippen molar-refractivity contribution < 1.29 is 4.79 Å². The Kier molecular flexibility index (Phi) is 6.91. The molecule has 0 spiro atoms. The largest absolute Gasteiger partial charge is 0.343 e. The maximum absolute atomic E-state index is 12.3. The van der Waals surface area contributed by atoms with Gasteiger partial charge in [0.2, 0.25) is 5.91 Å². The number of amides is 1. The summed E-state index contributed by atoms with van der Waals surface area (Å²) in [5, 5.41) is 3.67. The highest BCUT2D eigenvalue weighted by atomic mass is 35.5. The van der Waals surface area contributed by atoms with Crippen molar-refractivity contribution in [1.29, 1.82) is 0 Å². The number of nitrogens with one attached hydrogen (secondary N) is 1. The second kappa shape index (κ2) is 8.70. The maximum Gasteiger partial charge on any atom is 0.222 e. The lowest BCUT2D eigenvalue weighted by Crippen LogP contribution is -2.45. The molecule has 1 aromatic carbocycles. The van der Waals surface area contributed by atoms with Crippen LogP contribution in [-0.4, -0.2) is 36.5 Å². The van der Waals surface area contributed by atoms with E-state index < -0.39 is 0 Å². The number of aryl methyl sites for hydroxylation is 2. The second-order valence-corrected chi connectivity index (χ2v) is 7.00. The third kappa shape index (κ3) is 5.82. The average Bonchev–Trinajstić information content (AvgIpc) is 3.35. The van der Waals surface area contributed by atoms with E-state index in [1.807, 2.05) is 0 Å². The molecule has 0 aromatic heterocycles. The zero-order valence-electron chi connectivity index (χ0n) is 14.1. The van der Waals surface area contributed by atoms with Gasteiger partial charge in [-0.2, -0.15) is 0 Å². The smallest absolute Gasteiger partial charge is 0.222 e. The molecule has 0 bridgehead atoms. The van der Waals surface area contributed by atoms with Crippen molar-refractivity contribution in [2.75, 3.05) is 19.6 Å². The molecule has 0 atom stereocenters. The van der Waals surface area contributed by atoms with E-state index in [4.69, 9.17) is 0 Å². The van der Waals surface area contributed by atoms with Crippen molar-refractivity contribution in [1.82, 2.24) is 10.2 Å². The molecule has 1 saturated carbocycles. The third-order valence-corrected chi connectivity index (χ3v) is 4.95. The van der Waals surface area contributed by atoms with E-state index in [1.165, 1.54) is 30.5 Å². The highest BCUT2D eigenvalue weighted by Crippen LogP contribution is 2.28. The van der Waals surface area contributed by atoms with Gasteiger partial charge in [0.15, 0.2) is 0 Å². The number of nitrogens with zero attached hydrogens (tertiary/aromatic N) is 1. The number of carbonyl (C=O) groups is 1. The van der Waals surface area contributed by atoms with E-state index in [9.17, 15) is 4.79 Å². The minimum absolute atomic E-state index is 0. The quantitative estimate of drug-likeness (QED) is 0.864. The Balaban J connectivity index is 0.00000192. The van der Waals surface area contributed by atoms with Gasteiger partial charge in [0.05, 0.1) is 0 Å². The lowest BCUT2D eigenvalue weighted by molar-refractivity contribution is -0.132. The second-order valence-electron chi connectivity index (χ2n) is 7.00. The number of hydrogen-bond donors (Lipinski definition) is 1. The van der Waals surface area contributed by atoms with Crippen LogP contribution in [0.3, 0.4) is 0 Å². The standard InChI is InChI=1S/C19H28N2O.ClH/c1-15-3-2-4-16(13-15)7-8-19(22)21-11-9-18(10-12-21)20-14-17-5-6-17;/h2-4,13,17-18,20H,5-12,14H2,1H3;1H. The molecule has 0 unspecified atom stereocenters. The predicted molar refractivity (Wildman–Crippen MR) is 97.1 cm³/mol. The molecule has 3 nitrogen and oxygen atoms in total. The molecule has 1 amide bonds.